The van der Waals surface area contributed by atoms with Crippen LogP contribution >= 0.6 is 11.6 Å². The zero-order valence-electron chi connectivity index (χ0n) is 10.6. The fraction of sp³-hybridized carbons (Fsp3) is 0.273. The molecule has 0 spiro atoms. The second-order valence-corrected chi connectivity index (χ2v) is 6.24. The Morgan fingerprint density at radius 1 is 1.45 bits per heavy atom. The zero-order valence-corrected chi connectivity index (χ0v) is 12.2. The lowest BCUT2D eigenvalue weighted by molar-refractivity contribution is 0.375. The summed E-state index contributed by atoms with van der Waals surface area (Å²) in [7, 11) is -3.73. The highest BCUT2D eigenvalue weighted by Crippen LogP contribution is 2.22. The molecule has 0 saturated heterocycles. The van der Waals surface area contributed by atoms with Crippen LogP contribution in [0.15, 0.2) is 27.6 Å². The number of hydrogen-bond donors (Lipinski definition) is 2. The normalized spacial score (nSPS) is 11.7. The number of hydrogen-bond acceptors (Lipinski definition) is 6. The van der Waals surface area contributed by atoms with E-state index in [1.165, 1.54) is 18.2 Å². The van der Waals surface area contributed by atoms with Crippen molar-refractivity contribution in [2.45, 2.75) is 18.2 Å². The highest BCUT2D eigenvalue weighted by Gasteiger charge is 2.17. The molecule has 7 nitrogen and oxygen atoms in total. The number of nitrogens with zero attached hydrogens (tertiary/aromatic N) is 2. The minimum Gasteiger partial charge on any atom is -0.398 e. The number of aromatic nitrogens is 2. The first-order chi connectivity index (χ1) is 9.38. The second kappa shape index (κ2) is 5.78. The van der Waals surface area contributed by atoms with Crippen LogP contribution in [0.5, 0.6) is 0 Å². The molecule has 1 heterocycles. The van der Waals surface area contributed by atoms with Gasteiger partial charge in [-0.1, -0.05) is 16.8 Å². The predicted octanol–water partition coefficient (Wildman–Crippen LogP) is 1.13. The molecular weight excluding hydrogens is 304 g/mol. The van der Waals surface area contributed by atoms with E-state index < -0.39 is 10.0 Å². The van der Waals surface area contributed by atoms with Gasteiger partial charge in [-0.25, -0.2) is 13.1 Å². The lowest BCUT2D eigenvalue weighted by Crippen LogP contribution is -2.26. The minimum absolute atomic E-state index is 0.0493. The molecule has 2 rings (SSSR count). The molecule has 1 aromatic heterocycles. The third-order valence-electron chi connectivity index (χ3n) is 2.47. The standard InChI is InChI=1S/C11H13ClN4O3S/c1-7-15-11(19-16-7)4-5-14-20(17,18)10-6-8(12)2-3-9(10)13/h2-3,6,14H,4-5,13H2,1H3. The average molecular weight is 317 g/mol. The van der Waals surface area contributed by atoms with E-state index in [1.807, 2.05) is 0 Å². The van der Waals surface area contributed by atoms with Crippen molar-refractivity contribution < 1.29 is 12.9 Å². The average Bonchev–Trinajstić information content (AvgIpc) is 2.78. The maximum atomic E-state index is 12.1. The van der Waals surface area contributed by atoms with Crippen LogP contribution in [0.4, 0.5) is 5.69 Å². The molecule has 0 aliphatic carbocycles. The molecule has 0 unspecified atom stereocenters. The lowest BCUT2D eigenvalue weighted by atomic mass is 10.3. The Bertz CT molecular complexity index is 714. The van der Waals surface area contributed by atoms with Crippen LogP contribution in [0.25, 0.3) is 0 Å². The van der Waals surface area contributed by atoms with Gasteiger partial charge in [0.15, 0.2) is 5.82 Å². The zero-order chi connectivity index (χ0) is 14.8. The van der Waals surface area contributed by atoms with Gasteiger partial charge < -0.3 is 10.3 Å². The van der Waals surface area contributed by atoms with Crippen LogP contribution in [0.2, 0.25) is 5.02 Å². The Morgan fingerprint density at radius 3 is 2.85 bits per heavy atom. The predicted molar refractivity (Wildman–Crippen MR) is 73.8 cm³/mol. The molecule has 108 valence electrons. The Morgan fingerprint density at radius 2 is 2.20 bits per heavy atom. The number of nitrogens with two attached hydrogens (primary N) is 1. The van der Waals surface area contributed by atoms with Gasteiger partial charge in [-0.15, -0.1) is 0 Å². The van der Waals surface area contributed by atoms with Crippen LogP contribution in [0.1, 0.15) is 11.7 Å². The molecule has 0 radical (unpaired) electrons. The largest absolute Gasteiger partial charge is 0.398 e. The molecule has 2 aromatic rings. The van der Waals surface area contributed by atoms with Gasteiger partial charge in [0.05, 0.1) is 5.69 Å². The molecule has 0 aliphatic heterocycles. The van der Waals surface area contributed by atoms with E-state index >= 15 is 0 Å². The Balaban J connectivity index is 2.06. The van der Waals surface area contributed by atoms with Crippen LogP contribution in [0.3, 0.4) is 0 Å². The van der Waals surface area contributed by atoms with Crippen molar-refractivity contribution in [3.63, 3.8) is 0 Å². The van der Waals surface area contributed by atoms with Crippen molar-refractivity contribution in [2.24, 2.45) is 0 Å². The summed E-state index contributed by atoms with van der Waals surface area (Å²) in [6.45, 7) is 1.81. The number of benzene rings is 1. The van der Waals surface area contributed by atoms with Crippen LogP contribution < -0.4 is 10.5 Å². The van der Waals surface area contributed by atoms with Crippen molar-refractivity contribution in [2.75, 3.05) is 12.3 Å². The highest BCUT2D eigenvalue weighted by molar-refractivity contribution is 7.89. The van der Waals surface area contributed by atoms with E-state index in [4.69, 9.17) is 21.9 Å². The highest BCUT2D eigenvalue weighted by atomic mass is 35.5. The van der Waals surface area contributed by atoms with Crippen molar-refractivity contribution in [1.29, 1.82) is 0 Å². The summed E-state index contributed by atoms with van der Waals surface area (Å²) in [5.74, 6) is 0.867. The van der Waals surface area contributed by atoms with Crippen LogP contribution in [-0.2, 0) is 16.4 Å². The molecule has 0 atom stereocenters. The van der Waals surface area contributed by atoms with Gasteiger partial charge in [0, 0.05) is 18.0 Å². The summed E-state index contributed by atoms with van der Waals surface area (Å²) in [6, 6.07) is 4.27. The molecule has 0 saturated carbocycles. The quantitative estimate of drug-likeness (QED) is 0.800. The molecule has 1 aromatic carbocycles. The van der Waals surface area contributed by atoms with E-state index in [0.717, 1.165) is 0 Å². The summed E-state index contributed by atoms with van der Waals surface area (Å²) >= 11 is 5.77. The van der Waals surface area contributed by atoms with Crippen molar-refractivity contribution in [3.8, 4) is 0 Å². The van der Waals surface area contributed by atoms with Gasteiger partial charge in [0.1, 0.15) is 4.90 Å². The maximum Gasteiger partial charge on any atom is 0.242 e. The molecular formula is C11H13ClN4O3S. The number of nitrogens with one attached hydrogen (secondary N) is 1. The van der Waals surface area contributed by atoms with Crippen molar-refractivity contribution in [3.05, 3.63) is 34.9 Å². The summed E-state index contributed by atoms with van der Waals surface area (Å²) in [5.41, 5.74) is 5.78. The fourth-order valence-corrected chi connectivity index (χ4v) is 2.98. The lowest BCUT2D eigenvalue weighted by Gasteiger charge is -2.08. The first kappa shape index (κ1) is 14.8. The van der Waals surface area contributed by atoms with E-state index in [2.05, 4.69) is 14.9 Å². The maximum absolute atomic E-state index is 12.1. The first-order valence-electron chi connectivity index (χ1n) is 5.72. The number of rotatable bonds is 5. The monoisotopic (exact) mass is 316 g/mol. The summed E-state index contributed by atoms with van der Waals surface area (Å²) in [6.07, 6.45) is 0.292. The molecule has 0 amide bonds. The van der Waals surface area contributed by atoms with E-state index in [-0.39, 0.29) is 17.1 Å². The van der Waals surface area contributed by atoms with E-state index in [0.29, 0.717) is 23.2 Å². The number of anilines is 1. The van der Waals surface area contributed by atoms with Gasteiger partial charge >= 0.3 is 0 Å². The number of sulfonamides is 1. The van der Waals surface area contributed by atoms with Gasteiger partial charge in [-0.05, 0) is 25.1 Å². The third-order valence-corrected chi connectivity index (χ3v) is 4.22. The topological polar surface area (TPSA) is 111 Å². The van der Waals surface area contributed by atoms with Gasteiger partial charge in [-0.3, -0.25) is 0 Å². The van der Waals surface area contributed by atoms with Gasteiger partial charge in [-0.2, -0.15) is 4.98 Å². The van der Waals surface area contributed by atoms with Crippen LogP contribution in [-0.4, -0.2) is 25.1 Å². The number of aryl methyl sites for hydroxylation is 1. The molecule has 0 fully saturated rings. The molecule has 20 heavy (non-hydrogen) atoms. The van der Waals surface area contributed by atoms with Gasteiger partial charge in [0.25, 0.3) is 0 Å². The second-order valence-electron chi connectivity index (χ2n) is 4.07. The summed E-state index contributed by atoms with van der Waals surface area (Å²) in [5, 5.41) is 3.91. The first-order valence-corrected chi connectivity index (χ1v) is 7.58. The molecule has 9 heteroatoms. The molecule has 0 aliphatic rings. The number of nitrogen functional groups attached to an aromatic ring is 1. The Hall–Kier alpha value is -1.64. The smallest absolute Gasteiger partial charge is 0.242 e. The van der Waals surface area contributed by atoms with E-state index in [1.54, 1.807) is 6.92 Å². The summed E-state index contributed by atoms with van der Waals surface area (Å²) < 4.78 is 31.5. The fourth-order valence-electron chi connectivity index (χ4n) is 1.55. The third kappa shape index (κ3) is 3.47. The molecule has 0 bridgehead atoms. The van der Waals surface area contributed by atoms with Gasteiger partial charge in [0.2, 0.25) is 15.9 Å². The SMILES string of the molecule is Cc1noc(CCNS(=O)(=O)c2cc(Cl)ccc2N)n1. The van der Waals surface area contributed by atoms with Crippen molar-refractivity contribution >= 4 is 27.3 Å². The summed E-state index contributed by atoms with van der Waals surface area (Å²) in [4.78, 5) is 3.93. The van der Waals surface area contributed by atoms with Crippen molar-refractivity contribution in [1.82, 2.24) is 14.9 Å². The Labute approximate surface area is 121 Å². The number of halogens is 1. The molecule has 3 N–H and O–H groups in total. The Kier molecular flexibility index (Phi) is 4.26. The van der Waals surface area contributed by atoms with Crippen LogP contribution in [0, 0.1) is 6.92 Å². The van der Waals surface area contributed by atoms with E-state index in [9.17, 15) is 8.42 Å². The minimum atomic E-state index is -3.73.